The fourth-order valence-electron chi connectivity index (χ4n) is 3.80. The average molecular weight is 381 g/mol. The van der Waals surface area contributed by atoms with Crippen molar-refractivity contribution >= 4 is 23.1 Å². The minimum atomic E-state index is -0.0860. The van der Waals surface area contributed by atoms with Gasteiger partial charge in [-0.2, -0.15) is 0 Å². The smallest absolute Gasteiger partial charge is 0.255 e. The number of hydrogen-bond acceptors (Lipinski definition) is 4. The van der Waals surface area contributed by atoms with Crippen LogP contribution in [-0.4, -0.2) is 37.1 Å². The number of pyridine rings is 1. The minimum Gasteiger partial charge on any atom is -0.372 e. The van der Waals surface area contributed by atoms with Gasteiger partial charge in [0.1, 0.15) is 5.82 Å². The Labute approximate surface area is 168 Å². The van der Waals surface area contributed by atoms with Gasteiger partial charge in [-0.1, -0.05) is 12.8 Å². The van der Waals surface area contributed by atoms with E-state index in [2.05, 4.69) is 46.1 Å². The van der Waals surface area contributed by atoms with Crippen LogP contribution in [0.15, 0.2) is 36.5 Å². The van der Waals surface area contributed by atoms with Crippen LogP contribution in [-0.2, 0) is 0 Å². The highest BCUT2D eigenvalue weighted by molar-refractivity contribution is 6.05. The van der Waals surface area contributed by atoms with Gasteiger partial charge >= 0.3 is 0 Å². The summed E-state index contributed by atoms with van der Waals surface area (Å²) in [5.41, 5.74) is 3.77. The number of carbonyl (C=O) groups excluding carboxylic acids is 1. The second-order valence-electron chi connectivity index (χ2n) is 7.43. The minimum absolute atomic E-state index is 0.0860. The lowest BCUT2D eigenvalue weighted by molar-refractivity contribution is 0.102. The standard InChI is InChI=1S/C23H32N4O/c1-4-26(5-2)20-10-11-21(18(3)16-20)25-23(28)19-12-13-24-22(17-19)27-14-8-6-7-9-15-27/h10-13,16-17H,4-9,14-15H2,1-3H3,(H,25,28). The molecule has 2 aromatic rings. The molecule has 1 saturated heterocycles. The summed E-state index contributed by atoms with van der Waals surface area (Å²) in [6.45, 7) is 10.3. The predicted octanol–water partition coefficient (Wildman–Crippen LogP) is 4.87. The van der Waals surface area contributed by atoms with Crippen molar-refractivity contribution in [3.05, 3.63) is 47.7 Å². The molecular weight excluding hydrogens is 348 g/mol. The summed E-state index contributed by atoms with van der Waals surface area (Å²) in [6.07, 6.45) is 6.68. The topological polar surface area (TPSA) is 48.5 Å². The Bertz CT molecular complexity index is 793. The zero-order valence-electron chi connectivity index (χ0n) is 17.4. The Balaban J connectivity index is 1.73. The number of aromatic nitrogens is 1. The molecule has 5 heteroatoms. The Morgan fingerprint density at radius 2 is 1.79 bits per heavy atom. The third-order valence-electron chi connectivity index (χ3n) is 5.52. The first-order chi connectivity index (χ1) is 13.6. The first-order valence-corrected chi connectivity index (χ1v) is 10.5. The van der Waals surface area contributed by atoms with Crippen molar-refractivity contribution in [3.8, 4) is 0 Å². The molecule has 3 rings (SSSR count). The monoisotopic (exact) mass is 380 g/mol. The molecule has 0 radical (unpaired) electrons. The van der Waals surface area contributed by atoms with Crippen molar-refractivity contribution in [3.63, 3.8) is 0 Å². The molecular formula is C23H32N4O. The second-order valence-corrected chi connectivity index (χ2v) is 7.43. The van der Waals surface area contributed by atoms with Gasteiger partial charge in [0.05, 0.1) is 0 Å². The van der Waals surface area contributed by atoms with Crippen molar-refractivity contribution in [1.29, 1.82) is 0 Å². The van der Waals surface area contributed by atoms with Crippen LogP contribution < -0.4 is 15.1 Å². The molecule has 1 aromatic carbocycles. The van der Waals surface area contributed by atoms with E-state index >= 15 is 0 Å². The van der Waals surface area contributed by atoms with E-state index in [9.17, 15) is 4.79 Å². The molecule has 0 bridgehead atoms. The van der Waals surface area contributed by atoms with E-state index in [1.807, 2.05) is 19.1 Å². The number of aryl methyl sites for hydroxylation is 1. The first-order valence-electron chi connectivity index (χ1n) is 10.5. The molecule has 1 aliphatic heterocycles. The van der Waals surface area contributed by atoms with Crippen LogP contribution in [0, 0.1) is 6.92 Å². The summed E-state index contributed by atoms with van der Waals surface area (Å²) in [7, 11) is 0. The molecule has 0 unspecified atom stereocenters. The summed E-state index contributed by atoms with van der Waals surface area (Å²) in [6, 6.07) is 9.91. The van der Waals surface area contributed by atoms with Gasteiger partial charge in [-0.25, -0.2) is 4.98 Å². The summed E-state index contributed by atoms with van der Waals surface area (Å²) in [4.78, 5) is 21.9. The number of nitrogens with one attached hydrogen (secondary N) is 1. The molecule has 0 aliphatic carbocycles. The van der Waals surface area contributed by atoms with E-state index in [-0.39, 0.29) is 5.91 Å². The molecule has 1 N–H and O–H groups in total. The third kappa shape index (κ3) is 4.83. The fourth-order valence-corrected chi connectivity index (χ4v) is 3.80. The van der Waals surface area contributed by atoms with Crippen molar-refractivity contribution in [2.45, 2.75) is 46.5 Å². The van der Waals surface area contributed by atoms with Crippen molar-refractivity contribution in [2.75, 3.05) is 41.3 Å². The predicted molar refractivity (Wildman–Crippen MR) is 118 cm³/mol. The van der Waals surface area contributed by atoms with Gasteiger partial charge in [0.25, 0.3) is 5.91 Å². The third-order valence-corrected chi connectivity index (χ3v) is 5.52. The summed E-state index contributed by atoms with van der Waals surface area (Å²) < 4.78 is 0. The first kappa shape index (κ1) is 20.2. The van der Waals surface area contributed by atoms with Gasteiger partial charge in [-0.05, 0) is 69.5 Å². The van der Waals surface area contributed by atoms with E-state index in [1.54, 1.807) is 12.3 Å². The molecule has 150 valence electrons. The van der Waals surface area contributed by atoms with E-state index in [0.717, 1.165) is 43.2 Å². The molecule has 1 amide bonds. The van der Waals surface area contributed by atoms with Crippen molar-refractivity contribution < 1.29 is 4.79 Å². The van der Waals surface area contributed by atoms with Gasteiger partial charge in [0, 0.05) is 49.3 Å². The van der Waals surface area contributed by atoms with Crippen molar-refractivity contribution in [1.82, 2.24) is 4.98 Å². The van der Waals surface area contributed by atoms with Crippen LogP contribution in [0.4, 0.5) is 17.2 Å². The lowest BCUT2D eigenvalue weighted by atomic mass is 10.1. The zero-order chi connectivity index (χ0) is 19.9. The Kier molecular flexibility index (Phi) is 6.90. The van der Waals surface area contributed by atoms with Crippen LogP contribution in [0.25, 0.3) is 0 Å². The molecule has 2 heterocycles. The number of amides is 1. The van der Waals surface area contributed by atoms with Gasteiger partial charge in [-0.3, -0.25) is 4.79 Å². The Hall–Kier alpha value is -2.56. The van der Waals surface area contributed by atoms with Gasteiger partial charge in [0.15, 0.2) is 0 Å². The van der Waals surface area contributed by atoms with Crippen LogP contribution in [0.5, 0.6) is 0 Å². The second kappa shape index (κ2) is 9.58. The maximum atomic E-state index is 12.8. The normalized spacial score (nSPS) is 14.5. The molecule has 0 saturated carbocycles. The van der Waals surface area contributed by atoms with E-state index in [1.165, 1.54) is 31.4 Å². The number of carbonyl (C=O) groups is 1. The van der Waals surface area contributed by atoms with Crippen LogP contribution in [0.2, 0.25) is 0 Å². The zero-order valence-corrected chi connectivity index (χ0v) is 17.4. The molecule has 5 nitrogen and oxygen atoms in total. The highest BCUT2D eigenvalue weighted by Gasteiger charge is 2.14. The Morgan fingerprint density at radius 3 is 2.43 bits per heavy atom. The molecule has 28 heavy (non-hydrogen) atoms. The van der Waals surface area contributed by atoms with Crippen molar-refractivity contribution in [2.24, 2.45) is 0 Å². The lowest BCUT2D eigenvalue weighted by Crippen LogP contribution is -2.25. The van der Waals surface area contributed by atoms with Crippen LogP contribution in [0.3, 0.4) is 0 Å². The number of benzene rings is 1. The summed E-state index contributed by atoms with van der Waals surface area (Å²) >= 11 is 0. The van der Waals surface area contributed by atoms with Crippen LogP contribution in [0.1, 0.15) is 55.5 Å². The maximum Gasteiger partial charge on any atom is 0.255 e. The van der Waals surface area contributed by atoms with Gasteiger partial charge < -0.3 is 15.1 Å². The lowest BCUT2D eigenvalue weighted by Gasteiger charge is -2.22. The average Bonchev–Trinajstić information content (AvgIpc) is 3.00. The maximum absolute atomic E-state index is 12.8. The van der Waals surface area contributed by atoms with E-state index in [0.29, 0.717) is 5.56 Å². The molecule has 1 aliphatic rings. The molecule has 1 fully saturated rings. The molecule has 0 atom stereocenters. The quantitative estimate of drug-likeness (QED) is 0.777. The molecule has 0 spiro atoms. The fraction of sp³-hybridized carbons (Fsp3) is 0.478. The largest absolute Gasteiger partial charge is 0.372 e. The van der Waals surface area contributed by atoms with Gasteiger partial charge in [0.2, 0.25) is 0 Å². The van der Waals surface area contributed by atoms with Crippen LogP contribution >= 0.6 is 0 Å². The number of hydrogen-bond donors (Lipinski definition) is 1. The SMILES string of the molecule is CCN(CC)c1ccc(NC(=O)c2ccnc(N3CCCCCC3)c2)c(C)c1. The summed E-state index contributed by atoms with van der Waals surface area (Å²) in [5.74, 6) is 0.820. The van der Waals surface area contributed by atoms with E-state index < -0.39 is 0 Å². The highest BCUT2D eigenvalue weighted by atomic mass is 16.1. The van der Waals surface area contributed by atoms with Gasteiger partial charge in [-0.15, -0.1) is 0 Å². The number of nitrogens with zero attached hydrogens (tertiary/aromatic N) is 3. The number of rotatable bonds is 6. The van der Waals surface area contributed by atoms with E-state index in [4.69, 9.17) is 0 Å². The number of anilines is 3. The molecule has 1 aromatic heterocycles. The Morgan fingerprint density at radius 1 is 1.07 bits per heavy atom. The highest BCUT2D eigenvalue weighted by Crippen LogP contribution is 2.24. The summed E-state index contributed by atoms with van der Waals surface area (Å²) in [5, 5.41) is 3.07.